The third-order valence-electron chi connectivity index (χ3n) is 2.54. The Balaban J connectivity index is 4.04. The maximum Gasteiger partial charge on any atom is 0.221 e. The Hall–Kier alpha value is -0.650. The Morgan fingerprint density at radius 1 is 1.25 bits per heavy atom. The van der Waals surface area contributed by atoms with E-state index in [9.17, 15) is 4.79 Å². The summed E-state index contributed by atoms with van der Waals surface area (Å²) in [6.45, 7) is 5.82. The van der Waals surface area contributed by atoms with E-state index in [-0.39, 0.29) is 18.0 Å². The smallest absolute Gasteiger partial charge is 0.221 e. The highest BCUT2D eigenvalue weighted by atomic mass is 16.7. The molecule has 2 atom stereocenters. The van der Waals surface area contributed by atoms with Crippen LogP contribution in [0.2, 0.25) is 0 Å². The molecule has 0 saturated carbocycles. The predicted molar refractivity (Wildman–Crippen MR) is 62.8 cm³/mol. The summed E-state index contributed by atoms with van der Waals surface area (Å²) < 4.78 is 10.1. The summed E-state index contributed by atoms with van der Waals surface area (Å²) >= 11 is 0. The maximum atomic E-state index is 11.6. The number of hydrogen-bond donors (Lipinski definition) is 2. The van der Waals surface area contributed by atoms with E-state index in [0.717, 1.165) is 0 Å². The third kappa shape index (κ3) is 5.44. The van der Waals surface area contributed by atoms with E-state index in [1.807, 2.05) is 20.8 Å². The Kier molecular flexibility index (Phi) is 7.29. The minimum absolute atomic E-state index is 0.0761. The lowest BCUT2D eigenvalue weighted by atomic mass is 10.0. The van der Waals surface area contributed by atoms with Crippen LogP contribution in [0.3, 0.4) is 0 Å². The normalized spacial score (nSPS) is 15.2. The van der Waals surface area contributed by atoms with E-state index >= 15 is 0 Å². The molecular formula is C11H24N2O3. The molecule has 3 N–H and O–H groups in total. The fourth-order valence-corrected chi connectivity index (χ4v) is 1.34. The largest absolute Gasteiger partial charge is 0.354 e. The summed E-state index contributed by atoms with van der Waals surface area (Å²) in [6.07, 6.45) is -0.110. The first kappa shape index (κ1) is 15.3. The van der Waals surface area contributed by atoms with Crippen LogP contribution in [0.15, 0.2) is 0 Å². The molecule has 2 unspecified atom stereocenters. The number of hydrogen-bond acceptors (Lipinski definition) is 4. The average Bonchev–Trinajstić information content (AvgIpc) is 2.18. The van der Waals surface area contributed by atoms with Gasteiger partial charge in [0.15, 0.2) is 6.29 Å². The van der Waals surface area contributed by atoms with Gasteiger partial charge in [0.1, 0.15) is 0 Å². The average molecular weight is 232 g/mol. The molecule has 0 heterocycles. The summed E-state index contributed by atoms with van der Waals surface area (Å²) in [7, 11) is 3.08. The fraction of sp³-hybridized carbons (Fsp3) is 0.909. The van der Waals surface area contributed by atoms with Crippen molar-refractivity contribution in [2.24, 2.45) is 11.7 Å². The van der Waals surface area contributed by atoms with Gasteiger partial charge in [0.2, 0.25) is 5.91 Å². The number of carbonyl (C=O) groups is 1. The van der Waals surface area contributed by atoms with Crippen LogP contribution in [0.1, 0.15) is 27.2 Å². The van der Waals surface area contributed by atoms with Crippen LogP contribution in [-0.4, -0.2) is 38.5 Å². The van der Waals surface area contributed by atoms with Crippen LogP contribution in [0.25, 0.3) is 0 Å². The first-order chi connectivity index (χ1) is 7.42. The summed E-state index contributed by atoms with van der Waals surface area (Å²) in [6, 6.07) is -0.308. The van der Waals surface area contributed by atoms with Gasteiger partial charge in [-0.1, -0.05) is 13.8 Å². The maximum absolute atomic E-state index is 11.6. The minimum atomic E-state index is -0.431. The van der Waals surface area contributed by atoms with Crippen molar-refractivity contribution in [2.75, 3.05) is 14.2 Å². The Morgan fingerprint density at radius 3 is 2.12 bits per heavy atom. The molecule has 0 fully saturated rings. The molecule has 0 radical (unpaired) electrons. The predicted octanol–water partition coefficient (Wildman–Crippen LogP) is 0.483. The lowest BCUT2D eigenvalue weighted by Gasteiger charge is -2.23. The second-order valence-electron chi connectivity index (χ2n) is 4.31. The molecule has 0 spiro atoms. The zero-order valence-electron chi connectivity index (χ0n) is 10.8. The molecule has 0 aliphatic heterocycles. The fourth-order valence-electron chi connectivity index (χ4n) is 1.34. The molecule has 0 aliphatic carbocycles. The quantitative estimate of drug-likeness (QED) is 0.626. The van der Waals surface area contributed by atoms with Gasteiger partial charge in [0.25, 0.3) is 0 Å². The highest BCUT2D eigenvalue weighted by Crippen LogP contribution is 2.04. The van der Waals surface area contributed by atoms with Crippen molar-refractivity contribution in [2.45, 2.75) is 45.6 Å². The van der Waals surface area contributed by atoms with E-state index in [4.69, 9.17) is 15.2 Å². The number of nitrogens with one attached hydrogen (secondary N) is 1. The van der Waals surface area contributed by atoms with Gasteiger partial charge in [-0.2, -0.15) is 0 Å². The highest BCUT2D eigenvalue weighted by Gasteiger charge is 2.20. The molecule has 0 aliphatic rings. The van der Waals surface area contributed by atoms with E-state index in [1.165, 1.54) is 14.2 Å². The monoisotopic (exact) mass is 232 g/mol. The van der Waals surface area contributed by atoms with E-state index in [1.54, 1.807) is 0 Å². The number of amides is 1. The van der Waals surface area contributed by atoms with E-state index in [2.05, 4.69) is 5.32 Å². The van der Waals surface area contributed by atoms with Gasteiger partial charge in [0.05, 0.1) is 6.04 Å². The van der Waals surface area contributed by atoms with Gasteiger partial charge in [-0.05, 0) is 12.8 Å². The molecule has 0 saturated heterocycles. The molecule has 0 aromatic heterocycles. The SMILES string of the molecule is COC(OC)C(C)NC(=O)CC(N)C(C)C. The van der Waals surface area contributed by atoms with Crippen molar-refractivity contribution in [1.82, 2.24) is 5.32 Å². The molecule has 16 heavy (non-hydrogen) atoms. The molecule has 0 aromatic rings. The summed E-state index contributed by atoms with van der Waals surface area (Å²) in [5.41, 5.74) is 5.81. The highest BCUT2D eigenvalue weighted by molar-refractivity contribution is 5.76. The standard InChI is InChI=1S/C11H24N2O3/c1-7(2)9(12)6-10(14)13-8(3)11(15-4)16-5/h7-9,11H,6,12H2,1-5H3,(H,13,14). The molecule has 1 amide bonds. The minimum Gasteiger partial charge on any atom is -0.354 e. The van der Waals surface area contributed by atoms with Crippen LogP contribution in [0.4, 0.5) is 0 Å². The zero-order valence-corrected chi connectivity index (χ0v) is 10.8. The number of carbonyl (C=O) groups excluding carboxylic acids is 1. The molecule has 5 nitrogen and oxygen atoms in total. The first-order valence-electron chi connectivity index (χ1n) is 5.52. The second kappa shape index (κ2) is 7.60. The van der Waals surface area contributed by atoms with Crippen molar-refractivity contribution in [3.8, 4) is 0 Å². The number of rotatable bonds is 7. The summed E-state index contributed by atoms with van der Waals surface area (Å²) in [5.74, 6) is 0.217. The first-order valence-corrected chi connectivity index (χ1v) is 5.52. The molecule has 0 bridgehead atoms. The number of nitrogens with two attached hydrogens (primary N) is 1. The molecule has 96 valence electrons. The van der Waals surface area contributed by atoms with Gasteiger partial charge < -0.3 is 20.5 Å². The van der Waals surface area contributed by atoms with Crippen LogP contribution < -0.4 is 11.1 Å². The third-order valence-corrected chi connectivity index (χ3v) is 2.54. The molecule has 0 aromatic carbocycles. The van der Waals surface area contributed by atoms with Gasteiger partial charge in [0, 0.05) is 26.7 Å². The van der Waals surface area contributed by atoms with Crippen LogP contribution in [0.5, 0.6) is 0 Å². The van der Waals surface area contributed by atoms with Crippen LogP contribution >= 0.6 is 0 Å². The Bertz CT molecular complexity index is 205. The van der Waals surface area contributed by atoms with Crippen LogP contribution in [-0.2, 0) is 14.3 Å². The van der Waals surface area contributed by atoms with Crippen LogP contribution in [0, 0.1) is 5.92 Å². The summed E-state index contributed by atoms with van der Waals surface area (Å²) in [5, 5.41) is 2.80. The van der Waals surface area contributed by atoms with Crippen molar-refractivity contribution >= 4 is 5.91 Å². The van der Waals surface area contributed by atoms with Crippen molar-refractivity contribution in [1.29, 1.82) is 0 Å². The lowest BCUT2D eigenvalue weighted by molar-refractivity contribution is -0.136. The summed E-state index contributed by atoms with van der Waals surface area (Å²) in [4.78, 5) is 11.6. The van der Waals surface area contributed by atoms with Gasteiger partial charge >= 0.3 is 0 Å². The number of methoxy groups -OCH3 is 2. The van der Waals surface area contributed by atoms with Crippen molar-refractivity contribution < 1.29 is 14.3 Å². The lowest BCUT2D eigenvalue weighted by Crippen LogP contribution is -2.45. The second-order valence-corrected chi connectivity index (χ2v) is 4.31. The van der Waals surface area contributed by atoms with Crippen molar-refractivity contribution in [3.63, 3.8) is 0 Å². The number of ether oxygens (including phenoxy) is 2. The zero-order chi connectivity index (χ0) is 12.7. The topological polar surface area (TPSA) is 73.6 Å². The van der Waals surface area contributed by atoms with Gasteiger partial charge in [-0.3, -0.25) is 4.79 Å². The van der Waals surface area contributed by atoms with Gasteiger partial charge in [-0.25, -0.2) is 0 Å². The van der Waals surface area contributed by atoms with E-state index < -0.39 is 6.29 Å². The van der Waals surface area contributed by atoms with Gasteiger partial charge in [-0.15, -0.1) is 0 Å². The Labute approximate surface area is 97.7 Å². The van der Waals surface area contributed by atoms with Crippen molar-refractivity contribution in [3.05, 3.63) is 0 Å². The molecule has 5 heteroatoms. The molecular weight excluding hydrogens is 208 g/mol. The van der Waals surface area contributed by atoms with E-state index in [0.29, 0.717) is 12.3 Å². The molecule has 0 rings (SSSR count). The Morgan fingerprint density at radius 2 is 1.75 bits per heavy atom.